The normalized spacial score (nSPS) is 11.1. The summed E-state index contributed by atoms with van der Waals surface area (Å²) in [6.45, 7) is 1.56. The van der Waals surface area contributed by atoms with Crippen molar-refractivity contribution in [3.63, 3.8) is 0 Å². The van der Waals surface area contributed by atoms with Crippen LogP contribution < -0.4 is 10.0 Å². The fourth-order valence-electron chi connectivity index (χ4n) is 1.32. The predicted molar refractivity (Wildman–Crippen MR) is 78.1 cm³/mol. The molecule has 1 rings (SSSR count). The molecule has 0 spiro atoms. The molecule has 2 N–H and O–H groups in total. The molecule has 0 radical (unpaired) electrons. The van der Waals surface area contributed by atoms with E-state index in [0.717, 1.165) is 0 Å². The van der Waals surface area contributed by atoms with Crippen molar-refractivity contribution in [3.8, 4) is 0 Å². The largest absolute Gasteiger partial charge is 0.326 e. The lowest BCUT2D eigenvalue weighted by Crippen LogP contribution is -2.15. The Kier molecular flexibility index (Phi) is 6.11. The Morgan fingerprint density at radius 3 is 2.32 bits per heavy atom. The number of carbonyl (C=O) groups is 1. The van der Waals surface area contributed by atoms with Gasteiger partial charge in [-0.3, -0.25) is 9.52 Å². The van der Waals surface area contributed by atoms with Crippen LogP contribution in [0.15, 0.2) is 24.3 Å². The zero-order valence-corrected chi connectivity index (χ0v) is 12.2. The minimum absolute atomic E-state index is 0.0178. The number of anilines is 2. The SMILES string of the molecule is CCS(=O)(=O)Nc1ccc(NC(=O)CCCCl)cc1. The van der Waals surface area contributed by atoms with E-state index < -0.39 is 10.0 Å². The predicted octanol–water partition coefficient (Wildman–Crippen LogP) is 2.41. The van der Waals surface area contributed by atoms with E-state index in [1.54, 1.807) is 31.2 Å². The zero-order valence-electron chi connectivity index (χ0n) is 10.6. The highest BCUT2D eigenvalue weighted by molar-refractivity contribution is 7.92. The van der Waals surface area contributed by atoms with Crippen molar-refractivity contribution in [1.29, 1.82) is 0 Å². The van der Waals surface area contributed by atoms with Crippen molar-refractivity contribution in [1.82, 2.24) is 0 Å². The van der Waals surface area contributed by atoms with Crippen LogP contribution in [0, 0.1) is 0 Å². The van der Waals surface area contributed by atoms with Gasteiger partial charge < -0.3 is 5.32 Å². The summed E-state index contributed by atoms with van der Waals surface area (Å²) < 4.78 is 25.1. The molecule has 0 aromatic heterocycles. The highest BCUT2D eigenvalue weighted by Crippen LogP contribution is 2.15. The van der Waals surface area contributed by atoms with Crippen molar-refractivity contribution < 1.29 is 13.2 Å². The Labute approximate surface area is 118 Å². The number of hydrogen-bond acceptors (Lipinski definition) is 3. The Bertz CT molecular complexity index is 514. The van der Waals surface area contributed by atoms with Gasteiger partial charge in [-0.1, -0.05) is 0 Å². The van der Waals surface area contributed by atoms with Crippen molar-refractivity contribution >= 4 is 38.9 Å². The second kappa shape index (κ2) is 7.35. The van der Waals surface area contributed by atoms with E-state index in [0.29, 0.717) is 30.1 Å². The van der Waals surface area contributed by atoms with E-state index >= 15 is 0 Å². The van der Waals surface area contributed by atoms with Crippen molar-refractivity contribution in [3.05, 3.63) is 24.3 Å². The molecule has 0 bridgehead atoms. The van der Waals surface area contributed by atoms with Crippen molar-refractivity contribution in [2.75, 3.05) is 21.7 Å². The van der Waals surface area contributed by atoms with Crippen LogP contribution in [0.25, 0.3) is 0 Å². The van der Waals surface area contributed by atoms with Gasteiger partial charge in [0.15, 0.2) is 0 Å². The third-order valence-corrected chi connectivity index (χ3v) is 3.93. The monoisotopic (exact) mass is 304 g/mol. The maximum atomic E-state index is 11.5. The third-order valence-electron chi connectivity index (χ3n) is 2.36. The lowest BCUT2D eigenvalue weighted by Gasteiger charge is -2.08. The average Bonchev–Trinajstić information content (AvgIpc) is 2.38. The minimum atomic E-state index is -3.27. The van der Waals surface area contributed by atoms with E-state index in [1.165, 1.54) is 0 Å². The molecule has 1 aromatic carbocycles. The first-order chi connectivity index (χ1) is 8.96. The van der Waals surface area contributed by atoms with Crippen molar-refractivity contribution in [2.45, 2.75) is 19.8 Å². The lowest BCUT2D eigenvalue weighted by atomic mass is 10.2. The summed E-state index contributed by atoms with van der Waals surface area (Å²) in [4.78, 5) is 11.5. The quantitative estimate of drug-likeness (QED) is 0.760. The summed E-state index contributed by atoms with van der Waals surface area (Å²) in [5.41, 5.74) is 1.10. The minimum Gasteiger partial charge on any atom is -0.326 e. The maximum Gasteiger partial charge on any atom is 0.232 e. The molecule has 0 saturated carbocycles. The van der Waals surface area contributed by atoms with Gasteiger partial charge in [-0.05, 0) is 37.6 Å². The number of alkyl halides is 1. The highest BCUT2D eigenvalue weighted by Gasteiger charge is 2.07. The molecule has 0 aliphatic rings. The molecule has 1 amide bonds. The molecule has 19 heavy (non-hydrogen) atoms. The van der Waals surface area contributed by atoms with Crippen LogP contribution in [0.1, 0.15) is 19.8 Å². The molecular formula is C12H17ClN2O3S. The number of rotatable bonds is 7. The molecule has 1 aromatic rings. The van der Waals surface area contributed by atoms with Gasteiger partial charge in [0.1, 0.15) is 0 Å². The Morgan fingerprint density at radius 2 is 1.79 bits per heavy atom. The number of halogens is 1. The molecule has 0 aliphatic carbocycles. The van der Waals surface area contributed by atoms with Gasteiger partial charge in [0.25, 0.3) is 0 Å². The van der Waals surface area contributed by atoms with Crippen LogP contribution in [0.3, 0.4) is 0 Å². The third kappa shape index (κ3) is 5.94. The molecule has 0 aliphatic heterocycles. The van der Waals surface area contributed by atoms with Gasteiger partial charge in [-0.25, -0.2) is 8.42 Å². The van der Waals surface area contributed by atoms with E-state index in [-0.39, 0.29) is 11.7 Å². The summed E-state index contributed by atoms with van der Waals surface area (Å²) in [5.74, 6) is 0.359. The Hall–Kier alpha value is -1.27. The number of amides is 1. The van der Waals surface area contributed by atoms with E-state index in [1.807, 2.05) is 0 Å². The zero-order chi connectivity index (χ0) is 14.3. The summed E-state index contributed by atoms with van der Waals surface area (Å²) in [7, 11) is -3.27. The molecule has 106 valence electrons. The van der Waals surface area contributed by atoms with E-state index in [2.05, 4.69) is 10.0 Å². The molecule has 0 fully saturated rings. The number of hydrogen-bond donors (Lipinski definition) is 2. The van der Waals surface area contributed by atoms with Crippen LogP contribution >= 0.6 is 11.6 Å². The second-order valence-electron chi connectivity index (χ2n) is 3.92. The topological polar surface area (TPSA) is 75.3 Å². The number of carbonyl (C=O) groups excluding carboxylic acids is 1. The summed E-state index contributed by atoms with van der Waals surface area (Å²) >= 11 is 5.50. The van der Waals surface area contributed by atoms with Crippen LogP contribution in [-0.2, 0) is 14.8 Å². The first-order valence-corrected chi connectivity index (χ1v) is 8.12. The fourth-order valence-corrected chi connectivity index (χ4v) is 2.10. The standard InChI is InChI=1S/C12H17ClN2O3S/c1-2-19(17,18)15-11-7-5-10(6-8-11)14-12(16)4-3-9-13/h5-8,15H,2-4,9H2,1H3,(H,14,16). The van der Waals surface area contributed by atoms with Crippen LogP contribution in [-0.4, -0.2) is 26.0 Å². The van der Waals surface area contributed by atoms with Gasteiger partial charge in [0.2, 0.25) is 15.9 Å². The average molecular weight is 305 g/mol. The van der Waals surface area contributed by atoms with E-state index in [9.17, 15) is 13.2 Å². The van der Waals surface area contributed by atoms with Gasteiger partial charge in [-0.15, -0.1) is 11.6 Å². The summed E-state index contributed by atoms with van der Waals surface area (Å²) in [6.07, 6.45) is 0.996. The van der Waals surface area contributed by atoms with Crippen LogP contribution in [0.2, 0.25) is 0 Å². The van der Waals surface area contributed by atoms with Gasteiger partial charge in [0, 0.05) is 23.7 Å². The second-order valence-corrected chi connectivity index (χ2v) is 6.31. The molecule has 0 saturated heterocycles. The summed E-state index contributed by atoms with van der Waals surface area (Å²) in [6, 6.07) is 6.49. The first kappa shape index (κ1) is 15.8. The number of nitrogens with one attached hydrogen (secondary N) is 2. The van der Waals surface area contributed by atoms with Gasteiger partial charge in [-0.2, -0.15) is 0 Å². The molecule has 0 atom stereocenters. The summed E-state index contributed by atoms with van der Waals surface area (Å²) in [5, 5.41) is 2.71. The highest BCUT2D eigenvalue weighted by atomic mass is 35.5. The first-order valence-electron chi connectivity index (χ1n) is 5.93. The molecular weight excluding hydrogens is 288 g/mol. The number of benzene rings is 1. The van der Waals surface area contributed by atoms with Crippen LogP contribution in [0.5, 0.6) is 0 Å². The van der Waals surface area contributed by atoms with Crippen molar-refractivity contribution in [2.24, 2.45) is 0 Å². The van der Waals surface area contributed by atoms with Crippen LogP contribution in [0.4, 0.5) is 11.4 Å². The molecule has 0 heterocycles. The molecule has 5 nitrogen and oxygen atoms in total. The van der Waals surface area contributed by atoms with Gasteiger partial charge in [0.05, 0.1) is 5.75 Å². The van der Waals surface area contributed by atoms with E-state index in [4.69, 9.17) is 11.6 Å². The fraction of sp³-hybridized carbons (Fsp3) is 0.417. The maximum absolute atomic E-state index is 11.5. The smallest absolute Gasteiger partial charge is 0.232 e. The molecule has 7 heteroatoms. The van der Waals surface area contributed by atoms with Gasteiger partial charge >= 0.3 is 0 Å². The molecule has 0 unspecified atom stereocenters. The lowest BCUT2D eigenvalue weighted by molar-refractivity contribution is -0.116. The number of sulfonamides is 1. The Morgan fingerprint density at radius 1 is 1.21 bits per heavy atom. The Balaban J connectivity index is 2.59.